The Labute approximate surface area is 168 Å². The van der Waals surface area contributed by atoms with Crippen LogP contribution in [-0.2, 0) is 11.2 Å². The minimum atomic E-state index is -2.85. The molecule has 2 aromatic carbocycles. The third-order valence-electron chi connectivity index (χ3n) is 3.98. The van der Waals surface area contributed by atoms with Crippen LogP contribution >= 0.6 is 0 Å². The summed E-state index contributed by atoms with van der Waals surface area (Å²) in [7, 11) is 4.55. The first-order valence-electron chi connectivity index (χ1n) is 8.76. The minimum Gasteiger partial charge on any atom is -0.493 e. The van der Waals surface area contributed by atoms with Crippen molar-refractivity contribution in [3.8, 4) is 23.0 Å². The molecular weight excluding hydrogens is 384 g/mol. The first kappa shape index (κ1) is 22.0. The number of hydrogen-bond acceptors (Lipinski definition) is 5. The lowest BCUT2D eigenvalue weighted by atomic mass is 10.1. The molecule has 0 unspecified atom stereocenters. The van der Waals surface area contributed by atoms with Gasteiger partial charge in [0, 0.05) is 12.6 Å². The van der Waals surface area contributed by atoms with Gasteiger partial charge in [0.25, 0.3) is 0 Å². The fraction of sp³-hybridized carbons (Fsp3) is 0.286. The molecule has 0 saturated heterocycles. The predicted molar refractivity (Wildman–Crippen MR) is 105 cm³/mol. The largest absolute Gasteiger partial charge is 0.493 e. The summed E-state index contributed by atoms with van der Waals surface area (Å²) in [6.07, 6.45) is 3.59. The third-order valence-corrected chi connectivity index (χ3v) is 3.98. The molecular formula is C21H23F2NO5. The Bertz CT molecular complexity index is 812. The van der Waals surface area contributed by atoms with Crippen LogP contribution in [0.5, 0.6) is 23.0 Å². The summed E-state index contributed by atoms with van der Waals surface area (Å²) < 4.78 is 44.4. The van der Waals surface area contributed by atoms with E-state index < -0.39 is 6.61 Å². The molecule has 1 amide bonds. The number of alkyl halides is 2. The van der Waals surface area contributed by atoms with Gasteiger partial charge in [-0.2, -0.15) is 8.78 Å². The second-order valence-corrected chi connectivity index (χ2v) is 5.86. The Morgan fingerprint density at radius 1 is 1.03 bits per heavy atom. The van der Waals surface area contributed by atoms with Gasteiger partial charge < -0.3 is 24.3 Å². The Kier molecular flexibility index (Phi) is 8.27. The second kappa shape index (κ2) is 10.9. The van der Waals surface area contributed by atoms with Crippen LogP contribution in [0.25, 0.3) is 6.08 Å². The summed E-state index contributed by atoms with van der Waals surface area (Å²) in [5.41, 5.74) is 1.60. The van der Waals surface area contributed by atoms with Crippen LogP contribution < -0.4 is 24.3 Å². The molecule has 8 heteroatoms. The van der Waals surface area contributed by atoms with Crippen molar-refractivity contribution in [2.45, 2.75) is 13.0 Å². The molecule has 0 aromatic heterocycles. The maximum absolute atomic E-state index is 12.1. The zero-order valence-electron chi connectivity index (χ0n) is 16.4. The van der Waals surface area contributed by atoms with E-state index in [9.17, 15) is 13.6 Å². The van der Waals surface area contributed by atoms with E-state index in [-0.39, 0.29) is 11.7 Å². The number of carbonyl (C=O) groups is 1. The first-order chi connectivity index (χ1) is 14.0. The summed E-state index contributed by atoms with van der Waals surface area (Å²) >= 11 is 0. The van der Waals surface area contributed by atoms with E-state index in [1.807, 2.05) is 0 Å². The van der Waals surface area contributed by atoms with Crippen molar-refractivity contribution < 1.29 is 32.5 Å². The summed E-state index contributed by atoms with van der Waals surface area (Å²) in [4.78, 5) is 12.0. The number of nitrogens with one attached hydrogen (secondary N) is 1. The van der Waals surface area contributed by atoms with E-state index in [1.165, 1.54) is 39.5 Å². The van der Waals surface area contributed by atoms with Crippen LogP contribution in [0.1, 0.15) is 11.1 Å². The highest BCUT2D eigenvalue weighted by atomic mass is 19.3. The quantitative estimate of drug-likeness (QED) is 0.609. The van der Waals surface area contributed by atoms with Crippen molar-refractivity contribution in [1.82, 2.24) is 5.32 Å². The molecule has 0 bridgehead atoms. The lowest BCUT2D eigenvalue weighted by Gasteiger charge is -2.12. The van der Waals surface area contributed by atoms with Gasteiger partial charge in [-0.05, 0) is 47.9 Å². The summed E-state index contributed by atoms with van der Waals surface area (Å²) in [6.45, 7) is -2.45. The normalized spacial score (nSPS) is 10.8. The molecule has 0 saturated carbocycles. The molecule has 29 heavy (non-hydrogen) atoms. The number of halogens is 2. The van der Waals surface area contributed by atoms with Gasteiger partial charge in [0.15, 0.2) is 11.5 Å². The Morgan fingerprint density at radius 2 is 1.66 bits per heavy atom. The fourth-order valence-corrected chi connectivity index (χ4v) is 2.60. The summed E-state index contributed by atoms with van der Waals surface area (Å²) in [5.74, 6) is 1.29. The van der Waals surface area contributed by atoms with E-state index in [2.05, 4.69) is 10.1 Å². The van der Waals surface area contributed by atoms with Gasteiger partial charge in [-0.25, -0.2) is 0 Å². The predicted octanol–water partition coefficient (Wildman–Crippen LogP) is 3.69. The van der Waals surface area contributed by atoms with Crippen molar-refractivity contribution in [2.75, 3.05) is 27.9 Å². The van der Waals surface area contributed by atoms with Crippen LogP contribution in [0.4, 0.5) is 8.78 Å². The van der Waals surface area contributed by atoms with Gasteiger partial charge in [-0.3, -0.25) is 4.79 Å². The molecule has 2 rings (SSSR count). The molecule has 0 atom stereocenters. The smallest absolute Gasteiger partial charge is 0.387 e. The Hall–Kier alpha value is -3.29. The highest BCUT2D eigenvalue weighted by Gasteiger charge is 2.12. The molecule has 156 valence electrons. The summed E-state index contributed by atoms with van der Waals surface area (Å²) in [6, 6.07) is 9.74. The minimum absolute atomic E-state index is 0.0982. The van der Waals surface area contributed by atoms with Crippen molar-refractivity contribution in [3.63, 3.8) is 0 Å². The molecule has 0 aliphatic heterocycles. The lowest BCUT2D eigenvalue weighted by molar-refractivity contribution is -0.116. The lowest BCUT2D eigenvalue weighted by Crippen LogP contribution is -2.23. The third kappa shape index (κ3) is 6.67. The average Bonchev–Trinajstić information content (AvgIpc) is 2.72. The van der Waals surface area contributed by atoms with E-state index in [1.54, 1.807) is 30.3 Å². The van der Waals surface area contributed by atoms with Gasteiger partial charge >= 0.3 is 6.61 Å². The molecule has 0 aliphatic carbocycles. The second-order valence-electron chi connectivity index (χ2n) is 5.86. The fourth-order valence-electron chi connectivity index (χ4n) is 2.60. The van der Waals surface area contributed by atoms with Crippen LogP contribution in [-0.4, -0.2) is 40.4 Å². The van der Waals surface area contributed by atoms with Crippen molar-refractivity contribution in [3.05, 3.63) is 53.6 Å². The Balaban J connectivity index is 1.90. The monoisotopic (exact) mass is 407 g/mol. The van der Waals surface area contributed by atoms with Gasteiger partial charge in [0.05, 0.1) is 21.3 Å². The highest BCUT2D eigenvalue weighted by molar-refractivity contribution is 5.91. The molecule has 0 fully saturated rings. The maximum atomic E-state index is 12.1. The van der Waals surface area contributed by atoms with Crippen LogP contribution in [0.15, 0.2) is 42.5 Å². The van der Waals surface area contributed by atoms with Crippen LogP contribution in [0.2, 0.25) is 0 Å². The van der Waals surface area contributed by atoms with Crippen molar-refractivity contribution >= 4 is 12.0 Å². The van der Waals surface area contributed by atoms with E-state index >= 15 is 0 Å². The van der Waals surface area contributed by atoms with Gasteiger partial charge in [-0.1, -0.05) is 12.1 Å². The van der Waals surface area contributed by atoms with E-state index in [4.69, 9.17) is 14.2 Å². The number of amides is 1. The molecule has 2 aromatic rings. The zero-order valence-corrected chi connectivity index (χ0v) is 16.4. The highest BCUT2D eigenvalue weighted by Crippen LogP contribution is 2.38. The number of hydrogen-bond donors (Lipinski definition) is 1. The van der Waals surface area contributed by atoms with Crippen LogP contribution in [0.3, 0.4) is 0 Å². The molecule has 6 nitrogen and oxygen atoms in total. The molecule has 0 heterocycles. The number of methoxy groups -OCH3 is 3. The first-order valence-corrected chi connectivity index (χ1v) is 8.76. The SMILES string of the molecule is COc1cc(/C=C/C(=O)NCCc2ccc(OC(F)F)cc2)cc(OC)c1OC. The van der Waals surface area contributed by atoms with E-state index in [0.717, 1.165) is 5.56 Å². The Morgan fingerprint density at radius 3 is 2.17 bits per heavy atom. The molecule has 0 spiro atoms. The van der Waals surface area contributed by atoms with Crippen LogP contribution in [0, 0.1) is 0 Å². The number of rotatable bonds is 10. The van der Waals surface area contributed by atoms with Crippen molar-refractivity contribution in [1.29, 1.82) is 0 Å². The number of benzene rings is 2. The number of carbonyl (C=O) groups excluding carboxylic acids is 1. The molecule has 1 N–H and O–H groups in total. The zero-order chi connectivity index (χ0) is 21.2. The summed E-state index contributed by atoms with van der Waals surface area (Å²) in [5, 5.41) is 2.76. The van der Waals surface area contributed by atoms with Gasteiger partial charge in [-0.15, -0.1) is 0 Å². The van der Waals surface area contributed by atoms with Crippen molar-refractivity contribution in [2.24, 2.45) is 0 Å². The average molecular weight is 407 g/mol. The topological polar surface area (TPSA) is 66.0 Å². The standard InChI is InChI=1S/C21H23F2NO5/c1-26-17-12-15(13-18(27-2)20(17)28-3)6-9-19(25)24-11-10-14-4-7-16(8-5-14)29-21(22)23/h4-9,12-13,21H,10-11H2,1-3H3,(H,24,25)/b9-6+. The maximum Gasteiger partial charge on any atom is 0.387 e. The molecule has 0 radical (unpaired) electrons. The van der Waals surface area contributed by atoms with E-state index in [0.29, 0.717) is 35.8 Å². The van der Waals surface area contributed by atoms with Gasteiger partial charge in [0.2, 0.25) is 11.7 Å². The van der Waals surface area contributed by atoms with Gasteiger partial charge in [0.1, 0.15) is 5.75 Å². The number of ether oxygens (including phenoxy) is 4. The molecule has 0 aliphatic rings.